The molecule has 0 saturated heterocycles. The Labute approximate surface area is 241 Å². The van der Waals surface area contributed by atoms with Crippen LogP contribution in [0.4, 0.5) is 0 Å². The van der Waals surface area contributed by atoms with E-state index in [4.69, 9.17) is 17.2 Å². The number of aromatic nitrogens is 1. The standard InChI is InChI=1S/C27H39N7O8/c28-12-4-3-6-17(29)24(38)32-19(8-10-22(30)35)25(39)33-20(9-11-23(36)37)26(40)34-21(27(41)42)13-15-14-31-18-7-2-1-5-16(15)18/h1-2,5,7,14,17,19-21,31H,3-4,6,8-13,28-29H2,(H2,30,35)(H,32,38)(H,33,39)(H,34,40)(H,36,37)(H,41,42). The number of benzene rings is 1. The molecule has 42 heavy (non-hydrogen) atoms. The lowest BCUT2D eigenvalue weighted by molar-refractivity contribution is -0.143. The van der Waals surface area contributed by atoms with Gasteiger partial charge in [0.05, 0.1) is 6.04 Å². The summed E-state index contributed by atoms with van der Waals surface area (Å²) in [5, 5.41) is 26.9. The first-order chi connectivity index (χ1) is 19.9. The van der Waals surface area contributed by atoms with Crippen LogP contribution in [-0.2, 0) is 35.2 Å². The number of hydrogen-bond acceptors (Lipinski definition) is 8. The average molecular weight is 590 g/mol. The number of unbranched alkanes of at least 4 members (excludes halogenated alkanes) is 1. The van der Waals surface area contributed by atoms with Gasteiger partial charge >= 0.3 is 11.9 Å². The number of aromatic amines is 1. The zero-order chi connectivity index (χ0) is 31.2. The first-order valence-electron chi connectivity index (χ1n) is 13.6. The zero-order valence-corrected chi connectivity index (χ0v) is 23.1. The Hall–Kier alpha value is -4.50. The number of carboxylic acids is 2. The minimum Gasteiger partial charge on any atom is -0.481 e. The Morgan fingerprint density at radius 1 is 0.810 bits per heavy atom. The van der Waals surface area contributed by atoms with Gasteiger partial charge in [-0.25, -0.2) is 4.79 Å². The fraction of sp³-hybridized carbons (Fsp3) is 0.481. The van der Waals surface area contributed by atoms with Crippen molar-refractivity contribution < 1.29 is 39.0 Å². The molecule has 15 nitrogen and oxygen atoms in total. The van der Waals surface area contributed by atoms with Crippen LogP contribution in [0.25, 0.3) is 10.9 Å². The lowest BCUT2D eigenvalue weighted by Gasteiger charge is -2.25. The minimum absolute atomic E-state index is 0.0932. The number of aliphatic carboxylic acids is 2. The van der Waals surface area contributed by atoms with Gasteiger partial charge in [-0.3, -0.25) is 24.0 Å². The van der Waals surface area contributed by atoms with Crippen molar-refractivity contribution in [2.75, 3.05) is 6.54 Å². The normalized spacial score (nSPS) is 13.9. The van der Waals surface area contributed by atoms with E-state index in [9.17, 15) is 39.0 Å². The maximum absolute atomic E-state index is 13.2. The highest BCUT2D eigenvalue weighted by Gasteiger charge is 2.31. The number of carbonyl (C=O) groups is 6. The van der Waals surface area contributed by atoms with E-state index in [1.54, 1.807) is 18.3 Å². The molecule has 0 aliphatic carbocycles. The maximum atomic E-state index is 13.2. The van der Waals surface area contributed by atoms with Crippen LogP contribution >= 0.6 is 0 Å². The molecule has 0 saturated carbocycles. The van der Waals surface area contributed by atoms with Crippen LogP contribution in [0.3, 0.4) is 0 Å². The van der Waals surface area contributed by atoms with Gasteiger partial charge in [0.2, 0.25) is 23.6 Å². The van der Waals surface area contributed by atoms with Crippen molar-refractivity contribution in [1.82, 2.24) is 20.9 Å². The van der Waals surface area contributed by atoms with Crippen LogP contribution in [0.5, 0.6) is 0 Å². The van der Waals surface area contributed by atoms with Gasteiger partial charge < -0.3 is 48.3 Å². The highest BCUT2D eigenvalue weighted by atomic mass is 16.4. The molecule has 2 aromatic rings. The first-order valence-corrected chi connectivity index (χ1v) is 13.6. The topological polar surface area (TPSA) is 273 Å². The second-order valence-corrected chi connectivity index (χ2v) is 9.91. The smallest absolute Gasteiger partial charge is 0.326 e. The van der Waals surface area contributed by atoms with Crippen molar-refractivity contribution >= 4 is 46.5 Å². The van der Waals surface area contributed by atoms with E-state index in [-0.39, 0.29) is 25.7 Å². The van der Waals surface area contributed by atoms with Gasteiger partial charge in [-0.1, -0.05) is 24.6 Å². The van der Waals surface area contributed by atoms with E-state index >= 15 is 0 Å². The Kier molecular flexibility index (Phi) is 13.4. The number of amides is 4. The van der Waals surface area contributed by atoms with Crippen molar-refractivity contribution in [1.29, 1.82) is 0 Å². The lowest BCUT2D eigenvalue weighted by Crippen LogP contribution is -2.57. The maximum Gasteiger partial charge on any atom is 0.326 e. The SMILES string of the molecule is NCCCCC(N)C(=O)NC(CCC(N)=O)C(=O)NC(CCC(=O)O)C(=O)NC(Cc1c[nH]c2ccccc12)C(=O)O. The van der Waals surface area contributed by atoms with Crippen molar-refractivity contribution in [2.45, 2.75) is 75.5 Å². The molecule has 0 fully saturated rings. The number of hydrogen-bond donors (Lipinski definition) is 9. The van der Waals surface area contributed by atoms with E-state index in [0.29, 0.717) is 31.4 Å². The molecule has 0 aliphatic heterocycles. The quantitative estimate of drug-likeness (QED) is 0.0886. The van der Waals surface area contributed by atoms with Gasteiger partial charge in [-0.05, 0) is 43.9 Å². The molecule has 1 heterocycles. The number of nitrogens with two attached hydrogens (primary N) is 3. The summed E-state index contributed by atoms with van der Waals surface area (Å²) in [5.74, 6) is -5.84. The van der Waals surface area contributed by atoms with Crippen molar-refractivity contribution in [3.63, 3.8) is 0 Å². The summed E-state index contributed by atoms with van der Waals surface area (Å²) >= 11 is 0. The second kappa shape index (κ2) is 16.7. The molecule has 1 aromatic carbocycles. The molecule has 4 unspecified atom stereocenters. The van der Waals surface area contributed by atoms with E-state index < -0.39 is 66.2 Å². The highest BCUT2D eigenvalue weighted by molar-refractivity contribution is 5.95. The van der Waals surface area contributed by atoms with Crippen molar-refractivity contribution in [2.24, 2.45) is 17.2 Å². The number of carbonyl (C=O) groups excluding carboxylic acids is 4. The number of fused-ring (bicyclic) bond motifs is 1. The Morgan fingerprint density at radius 3 is 2.00 bits per heavy atom. The van der Waals surface area contributed by atoms with Gasteiger partial charge in [0, 0.05) is 36.4 Å². The van der Waals surface area contributed by atoms with Crippen LogP contribution < -0.4 is 33.2 Å². The third kappa shape index (κ3) is 10.8. The first kappa shape index (κ1) is 33.7. The van der Waals surface area contributed by atoms with Crippen LogP contribution in [0, 0.1) is 0 Å². The molecule has 4 atom stereocenters. The average Bonchev–Trinajstić information content (AvgIpc) is 3.35. The summed E-state index contributed by atoms with van der Waals surface area (Å²) in [5.41, 5.74) is 18.0. The fourth-order valence-corrected chi connectivity index (χ4v) is 4.28. The summed E-state index contributed by atoms with van der Waals surface area (Å²) < 4.78 is 0. The lowest BCUT2D eigenvalue weighted by atomic mass is 10.0. The molecule has 12 N–H and O–H groups in total. The molecule has 15 heteroatoms. The van der Waals surface area contributed by atoms with E-state index in [1.165, 1.54) is 0 Å². The van der Waals surface area contributed by atoms with E-state index in [0.717, 1.165) is 10.9 Å². The Morgan fingerprint density at radius 2 is 1.40 bits per heavy atom. The van der Waals surface area contributed by atoms with Crippen LogP contribution in [0.2, 0.25) is 0 Å². The van der Waals surface area contributed by atoms with Gasteiger partial charge in [0.1, 0.15) is 18.1 Å². The Bertz CT molecular complexity index is 1260. The number of H-pyrrole nitrogens is 1. The number of carboxylic acid groups (broad SMARTS) is 2. The predicted molar refractivity (Wildman–Crippen MR) is 152 cm³/mol. The number of primary amides is 1. The van der Waals surface area contributed by atoms with Crippen molar-refractivity contribution in [3.8, 4) is 0 Å². The van der Waals surface area contributed by atoms with Crippen LogP contribution in [0.1, 0.15) is 50.5 Å². The zero-order valence-electron chi connectivity index (χ0n) is 23.1. The predicted octanol–water partition coefficient (Wildman–Crippen LogP) is -1.16. The summed E-state index contributed by atoms with van der Waals surface area (Å²) in [4.78, 5) is 76.6. The molecule has 0 radical (unpaired) electrons. The summed E-state index contributed by atoms with van der Waals surface area (Å²) in [6, 6.07) is 2.03. The monoisotopic (exact) mass is 589 g/mol. The third-order valence-electron chi connectivity index (χ3n) is 6.61. The second-order valence-electron chi connectivity index (χ2n) is 9.91. The molecular formula is C27H39N7O8. The molecule has 2 rings (SSSR count). The molecule has 0 bridgehead atoms. The summed E-state index contributed by atoms with van der Waals surface area (Å²) in [6.07, 6.45) is 1.66. The van der Waals surface area contributed by atoms with Crippen LogP contribution in [0.15, 0.2) is 30.5 Å². The number of rotatable bonds is 19. The Balaban J connectivity index is 2.19. The molecule has 230 valence electrons. The van der Waals surface area contributed by atoms with E-state index in [2.05, 4.69) is 20.9 Å². The molecular weight excluding hydrogens is 550 g/mol. The summed E-state index contributed by atoms with van der Waals surface area (Å²) in [7, 11) is 0. The number of nitrogens with one attached hydrogen (secondary N) is 4. The molecule has 4 amide bonds. The van der Waals surface area contributed by atoms with Gasteiger partial charge in [0.15, 0.2) is 0 Å². The highest BCUT2D eigenvalue weighted by Crippen LogP contribution is 2.19. The fourth-order valence-electron chi connectivity index (χ4n) is 4.28. The third-order valence-corrected chi connectivity index (χ3v) is 6.61. The molecule has 0 aliphatic rings. The number of para-hydroxylation sites is 1. The minimum atomic E-state index is -1.47. The molecule has 0 spiro atoms. The van der Waals surface area contributed by atoms with Gasteiger partial charge in [-0.15, -0.1) is 0 Å². The van der Waals surface area contributed by atoms with Crippen LogP contribution in [-0.4, -0.2) is 81.5 Å². The van der Waals surface area contributed by atoms with Gasteiger partial charge in [0.25, 0.3) is 0 Å². The largest absolute Gasteiger partial charge is 0.481 e. The molecule has 1 aromatic heterocycles. The van der Waals surface area contributed by atoms with Crippen molar-refractivity contribution in [3.05, 3.63) is 36.0 Å². The summed E-state index contributed by atoms with van der Waals surface area (Å²) in [6.45, 7) is 0.419. The van der Waals surface area contributed by atoms with Gasteiger partial charge in [-0.2, -0.15) is 0 Å². The van der Waals surface area contributed by atoms with E-state index in [1.807, 2.05) is 12.1 Å².